The average molecular weight is 249 g/mol. The predicted octanol–water partition coefficient (Wildman–Crippen LogP) is 0.695. The van der Waals surface area contributed by atoms with Crippen LogP contribution in [0.25, 0.3) is 0 Å². The molecule has 3 N–H and O–H groups in total. The van der Waals surface area contributed by atoms with E-state index in [4.69, 9.17) is 5.73 Å². The number of aryl methyl sites for hydroxylation is 3. The highest BCUT2D eigenvalue weighted by atomic mass is 15.3. The minimum absolute atomic E-state index is 0.575. The minimum atomic E-state index is 0.575. The first-order chi connectivity index (χ1) is 8.63. The van der Waals surface area contributed by atoms with Crippen molar-refractivity contribution >= 4 is 11.5 Å². The minimum Gasteiger partial charge on any atom is -0.394 e. The van der Waals surface area contributed by atoms with E-state index in [2.05, 4.69) is 27.5 Å². The van der Waals surface area contributed by atoms with Crippen LogP contribution in [0.15, 0.2) is 6.33 Å². The van der Waals surface area contributed by atoms with Crippen LogP contribution < -0.4 is 11.1 Å². The van der Waals surface area contributed by atoms with Crippen molar-refractivity contribution in [3.63, 3.8) is 0 Å². The molecule has 0 aliphatic heterocycles. The van der Waals surface area contributed by atoms with Gasteiger partial charge in [0, 0.05) is 14.1 Å². The maximum atomic E-state index is 6.08. The van der Waals surface area contributed by atoms with Gasteiger partial charge in [-0.15, -0.1) is 10.2 Å². The molecular formula is C11H19N7. The van der Waals surface area contributed by atoms with Crippen LogP contribution in [0.1, 0.15) is 24.9 Å². The van der Waals surface area contributed by atoms with E-state index in [-0.39, 0.29) is 0 Å². The van der Waals surface area contributed by atoms with E-state index in [1.54, 1.807) is 11.0 Å². The van der Waals surface area contributed by atoms with Gasteiger partial charge in [-0.3, -0.25) is 4.68 Å². The van der Waals surface area contributed by atoms with Crippen LogP contribution in [0, 0.1) is 0 Å². The van der Waals surface area contributed by atoms with Crippen LogP contribution in [0.4, 0.5) is 11.5 Å². The van der Waals surface area contributed by atoms with E-state index < -0.39 is 0 Å². The Morgan fingerprint density at radius 3 is 2.78 bits per heavy atom. The van der Waals surface area contributed by atoms with E-state index in [1.165, 1.54) is 0 Å². The van der Waals surface area contributed by atoms with Gasteiger partial charge in [-0.25, -0.2) is 0 Å². The SMILES string of the molecule is CCCc1nn(C)c(NCc2nncn2C)c1N. The first kappa shape index (κ1) is 12.4. The molecular weight excluding hydrogens is 230 g/mol. The summed E-state index contributed by atoms with van der Waals surface area (Å²) in [6, 6.07) is 0. The molecule has 2 rings (SSSR count). The number of hydrogen-bond acceptors (Lipinski definition) is 5. The molecule has 0 saturated heterocycles. The molecule has 0 unspecified atom stereocenters. The second kappa shape index (κ2) is 5.07. The summed E-state index contributed by atoms with van der Waals surface area (Å²) in [4.78, 5) is 0. The fraction of sp³-hybridized carbons (Fsp3) is 0.545. The number of aromatic nitrogens is 5. The molecule has 0 saturated carbocycles. The van der Waals surface area contributed by atoms with Gasteiger partial charge in [0.1, 0.15) is 12.1 Å². The van der Waals surface area contributed by atoms with Crippen LogP contribution in [-0.4, -0.2) is 24.5 Å². The van der Waals surface area contributed by atoms with Crippen molar-refractivity contribution in [2.24, 2.45) is 14.1 Å². The van der Waals surface area contributed by atoms with Gasteiger partial charge in [0.2, 0.25) is 0 Å². The van der Waals surface area contributed by atoms with Crippen LogP contribution in [0.2, 0.25) is 0 Å². The molecule has 98 valence electrons. The number of nitrogens with one attached hydrogen (secondary N) is 1. The highest BCUT2D eigenvalue weighted by Gasteiger charge is 2.12. The number of rotatable bonds is 5. The van der Waals surface area contributed by atoms with Gasteiger partial charge in [0.15, 0.2) is 5.82 Å². The highest BCUT2D eigenvalue weighted by molar-refractivity contribution is 5.64. The van der Waals surface area contributed by atoms with E-state index in [0.29, 0.717) is 6.54 Å². The Morgan fingerprint density at radius 1 is 1.39 bits per heavy atom. The second-order valence-corrected chi connectivity index (χ2v) is 4.29. The number of anilines is 2. The zero-order valence-electron chi connectivity index (χ0n) is 11.0. The second-order valence-electron chi connectivity index (χ2n) is 4.29. The molecule has 7 nitrogen and oxygen atoms in total. The lowest BCUT2D eigenvalue weighted by molar-refractivity contribution is 0.729. The number of hydrogen-bond donors (Lipinski definition) is 2. The Balaban J connectivity index is 2.12. The zero-order valence-corrected chi connectivity index (χ0v) is 11.0. The third kappa shape index (κ3) is 2.29. The average Bonchev–Trinajstić information content (AvgIpc) is 2.84. The fourth-order valence-electron chi connectivity index (χ4n) is 1.86. The Kier molecular flexibility index (Phi) is 3.50. The summed E-state index contributed by atoms with van der Waals surface area (Å²) in [5.74, 6) is 1.69. The van der Waals surface area contributed by atoms with Crippen molar-refractivity contribution in [2.75, 3.05) is 11.1 Å². The van der Waals surface area contributed by atoms with Crippen molar-refractivity contribution in [3.8, 4) is 0 Å². The standard InChI is InChI=1S/C11H19N7/c1-4-5-8-10(12)11(18(3)16-8)13-6-9-15-14-7-17(9)2/h7,13H,4-6,12H2,1-3H3. The molecule has 0 bridgehead atoms. The van der Waals surface area contributed by atoms with E-state index in [9.17, 15) is 0 Å². The predicted molar refractivity (Wildman–Crippen MR) is 69.9 cm³/mol. The molecule has 7 heteroatoms. The van der Waals surface area contributed by atoms with Gasteiger partial charge < -0.3 is 15.6 Å². The Labute approximate surface area is 106 Å². The molecule has 2 aromatic heterocycles. The monoisotopic (exact) mass is 249 g/mol. The van der Waals surface area contributed by atoms with Crippen LogP contribution in [0.5, 0.6) is 0 Å². The van der Waals surface area contributed by atoms with Crippen LogP contribution >= 0.6 is 0 Å². The lowest BCUT2D eigenvalue weighted by Crippen LogP contribution is -2.09. The lowest BCUT2D eigenvalue weighted by Gasteiger charge is -2.06. The first-order valence-corrected chi connectivity index (χ1v) is 6.01. The van der Waals surface area contributed by atoms with Gasteiger partial charge in [0.25, 0.3) is 0 Å². The van der Waals surface area contributed by atoms with Gasteiger partial charge in [-0.05, 0) is 6.42 Å². The summed E-state index contributed by atoms with van der Waals surface area (Å²) in [6.45, 7) is 2.69. The molecule has 0 spiro atoms. The summed E-state index contributed by atoms with van der Waals surface area (Å²) in [6.07, 6.45) is 3.60. The Hall–Kier alpha value is -2.05. The zero-order chi connectivity index (χ0) is 13.1. The van der Waals surface area contributed by atoms with E-state index in [0.717, 1.165) is 35.9 Å². The first-order valence-electron chi connectivity index (χ1n) is 6.01. The quantitative estimate of drug-likeness (QED) is 0.814. The van der Waals surface area contributed by atoms with E-state index in [1.807, 2.05) is 18.7 Å². The van der Waals surface area contributed by atoms with Crippen LogP contribution in [-0.2, 0) is 27.1 Å². The maximum absolute atomic E-state index is 6.08. The molecule has 0 aromatic carbocycles. The van der Waals surface area contributed by atoms with Crippen molar-refractivity contribution in [3.05, 3.63) is 17.8 Å². The highest BCUT2D eigenvalue weighted by Crippen LogP contribution is 2.23. The summed E-state index contributed by atoms with van der Waals surface area (Å²) < 4.78 is 3.64. The van der Waals surface area contributed by atoms with Gasteiger partial charge in [-0.2, -0.15) is 5.10 Å². The van der Waals surface area contributed by atoms with Crippen molar-refractivity contribution in [1.29, 1.82) is 0 Å². The summed E-state index contributed by atoms with van der Waals surface area (Å²) >= 11 is 0. The molecule has 0 amide bonds. The maximum Gasteiger partial charge on any atom is 0.151 e. The van der Waals surface area contributed by atoms with Gasteiger partial charge >= 0.3 is 0 Å². The summed E-state index contributed by atoms with van der Waals surface area (Å²) in [5.41, 5.74) is 7.75. The normalized spacial score (nSPS) is 10.8. The molecule has 2 heterocycles. The van der Waals surface area contributed by atoms with E-state index >= 15 is 0 Å². The third-order valence-electron chi connectivity index (χ3n) is 2.87. The smallest absolute Gasteiger partial charge is 0.151 e. The molecule has 2 aromatic rings. The number of nitrogen functional groups attached to an aromatic ring is 1. The lowest BCUT2D eigenvalue weighted by atomic mass is 10.2. The molecule has 0 aliphatic rings. The molecule has 0 radical (unpaired) electrons. The van der Waals surface area contributed by atoms with Gasteiger partial charge in [0.05, 0.1) is 17.9 Å². The topological polar surface area (TPSA) is 86.6 Å². The Morgan fingerprint density at radius 2 is 2.17 bits per heavy atom. The largest absolute Gasteiger partial charge is 0.394 e. The summed E-state index contributed by atoms with van der Waals surface area (Å²) in [7, 11) is 3.79. The molecule has 18 heavy (non-hydrogen) atoms. The molecule has 0 fully saturated rings. The summed E-state index contributed by atoms with van der Waals surface area (Å²) in [5, 5.41) is 15.5. The third-order valence-corrected chi connectivity index (χ3v) is 2.87. The molecule has 0 aliphatic carbocycles. The molecule has 0 atom stereocenters. The number of nitrogens with zero attached hydrogens (tertiary/aromatic N) is 5. The van der Waals surface area contributed by atoms with Crippen molar-refractivity contribution in [2.45, 2.75) is 26.3 Å². The van der Waals surface area contributed by atoms with Gasteiger partial charge in [-0.1, -0.05) is 13.3 Å². The fourth-order valence-corrected chi connectivity index (χ4v) is 1.86. The van der Waals surface area contributed by atoms with Crippen molar-refractivity contribution < 1.29 is 0 Å². The van der Waals surface area contributed by atoms with Crippen LogP contribution in [0.3, 0.4) is 0 Å². The Bertz CT molecular complexity index is 525. The number of nitrogens with two attached hydrogens (primary N) is 1. The van der Waals surface area contributed by atoms with Crippen molar-refractivity contribution in [1.82, 2.24) is 24.5 Å².